The number of ether oxygens (including phenoxy) is 1. The highest BCUT2D eigenvalue weighted by Gasteiger charge is 2.31. The number of guanidine groups is 1. The van der Waals surface area contributed by atoms with E-state index in [2.05, 4.69) is 22.5 Å². The number of fused-ring (bicyclic) bond motifs is 1. The summed E-state index contributed by atoms with van der Waals surface area (Å²) in [5.74, 6) is 1.66. The van der Waals surface area contributed by atoms with Crippen LogP contribution >= 0.6 is 11.8 Å². The Bertz CT molecular complexity index is 598. The van der Waals surface area contributed by atoms with Crippen molar-refractivity contribution in [3.8, 4) is 0 Å². The second-order valence-corrected chi connectivity index (χ2v) is 8.22. The standard InChI is InChI=1S/C20H31FN4OS/c1-2-22-20(23-10-4-12-27-19-8-6-16(21)7-9-19)24-13-18-14-25-11-3-5-17(25)15-26-18/h6-9,17-18H,2-5,10-15H2,1H3,(H2,22,23,24). The molecule has 2 heterocycles. The van der Waals surface area contributed by atoms with Crippen molar-refractivity contribution >= 4 is 17.7 Å². The number of hydrogen-bond acceptors (Lipinski definition) is 4. The Morgan fingerprint density at radius 2 is 2.19 bits per heavy atom. The fraction of sp³-hybridized carbons (Fsp3) is 0.650. The van der Waals surface area contributed by atoms with Crippen molar-refractivity contribution in [2.24, 2.45) is 4.99 Å². The Kier molecular flexibility index (Phi) is 8.23. The van der Waals surface area contributed by atoms with Gasteiger partial charge in [0.25, 0.3) is 0 Å². The zero-order chi connectivity index (χ0) is 18.9. The van der Waals surface area contributed by atoms with E-state index >= 15 is 0 Å². The van der Waals surface area contributed by atoms with Crippen molar-refractivity contribution in [3.05, 3.63) is 30.1 Å². The van der Waals surface area contributed by atoms with Crippen LogP contribution in [0.15, 0.2) is 34.2 Å². The molecule has 0 bridgehead atoms. The van der Waals surface area contributed by atoms with Crippen LogP contribution in [0.1, 0.15) is 26.2 Å². The molecule has 0 saturated carbocycles. The van der Waals surface area contributed by atoms with Crippen LogP contribution in [-0.2, 0) is 4.74 Å². The van der Waals surface area contributed by atoms with Gasteiger partial charge in [0.15, 0.2) is 5.96 Å². The molecule has 0 aromatic heterocycles. The lowest BCUT2D eigenvalue weighted by atomic mass is 10.2. The van der Waals surface area contributed by atoms with E-state index in [9.17, 15) is 4.39 Å². The molecule has 1 aromatic carbocycles. The van der Waals surface area contributed by atoms with E-state index < -0.39 is 0 Å². The molecule has 1 aromatic rings. The van der Waals surface area contributed by atoms with Crippen LogP contribution in [0.25, 0.3) is 0 Å². The minimum absolute atomic E-state index is 0.185. The van der Waals surface area contributed by atoms with E-state index in [0.717, 1.165) is 49.3 Å². The van der Waals surface area contributed by atoms with Crippen molar-refractivity contribution in [1.29, 1.82) is 0 Å². The smallest absolute Gasteiger partial charge is 0.191 e. The summed E-state index contributed by atoms with van der Waals surface area (Å²) in [5.41, 5.74) is 0. The Morgan fingerprint density at radius 1 is 1.33 bits per heavy atom. The molecule has 7 heteroatoms. The Labute approximate surface area is 166 Å². The van der Waals surface area contributed by atoms with E-state index in [-0.39, 0.29) is 11.9 Å². The third-order valence-electron chi connectivity index (χ3n) is 4.95. The van der Waals surface area contributed by atoms with Gasteiger partial charge in [-0.15, -0.1) is 11.8 Å². The quantitative estimate of drug-likeness (QED) is 0.307. The largest absolute Gasteiger partial charge is 0.373 e. The first-order valence-corrected chi connectivity index (χ1v) is 11.0. The van der Waals surface area contributed by atoms with Crippen LogP contribution in [0.4, 0.5) is 4.39 Å². The average Bonchev–Trinajstić information content (AvgIpc) is 3.15. The number of thioether (sulfide) groups is 1. The maximum atomic E-state index is 12.9. The van der Waals surface area contributed by atoms with Gasteiger partial charge in [-0.25, -0.2) is 4.39 Å². The molecule has 0 aliphatic carbocycles. The third kappa shape index (κ3) is 6.66. The van der Waals surface area contributed by atoms with Gasteiger partial charge in [0.05, 0.1) is 19.3 Å². The monoisotopic (exact) mass is 394 g/mol. The molecule has 5 nitrogen and oxygen atoms in total. The topological polar surface area (TPSA) is 48.9 Å². The molecule has 2 aliphatic rings. The molecular formula is C20H31FN4OS. The fourth-order valence-electron chi connectivity index (χ4n) is 3.53. The van der Waals surface area contributed by atoms with Crippen molar-refractivity contribution in [3.63, 3.8) is 0 Å². The first kappa shape index (κ1) is 20.4. The third-order valence-corrected chi connectivity index (χ3v) is 6.05. The highest BCUT2D eigenvalue weighted by Crippen LogP contribution is 2.22. The van der Waals surface area contributed by atoms with Gasteiger partial charge < -0.3 is 15.4 Å². The van der Waals surface area contributed by atoms with Gasteiger partial charge in [-0.05, 0) is 62.7 Å². The molecule has 2 unspecified atom stereocenters. The van der Waals surface area contributed by atoms with Crippen molar-refractivity contribution in [1.82, 2.24) is 15.5 Å². The van der Waals surface area contributed by atoms with Crippen LogP contribution in [0, 0.1) is 5.82 Å². The highest BCUT2D eigenvalue weighted by molar-refractivity contribution is 7.99. The van der Waals surface area contributed by atoms with Crippen LogP contribution in [0.2, 0.25) is 0 Å². The maximum Gasteiger partial charge on any atom is 0.191 e. The molecule has 2 fully saturated rings. The van der Waals surface area contributed by atoms with Gasteiger partial charge in [-0.3, -0.25) is 9.89 Å². The molecule has 2 aliphatic heterocycles. The molecule has 2 N–H and O–H groups in total. The van der Waals surface area contributed by atoms with Crippen molar-refractivity contribution in [2.45, 2.75) is 43.2 Å². The first-order chi connectivity index (χ1) is 13.2. The highest BCUT2D eigenvalue weighted by atomic mass is 32.2. The normalized spacial score (nSPS) is 23.3. The summed E-state index contributed by atoms with van der Waals surface area (Å²) >= 11 is 1.75. The van der Waals surface area contributed by atoms with Gasteiger partial charge in [-0.2, -0.15) is 0 Å². The van der Waals surface area contributed by atoms with E-state index in [4.69, 9.17) is 9.73 Å². The number of benzene rings is 1. The number of nitrogens with one attached hydrogen (secondary N) is 2. The van der Waals surface area contributed by atoms with E-state index in [1.54, 1.807) is 11.8 Å². The number of aliphatic imine (C=N–C) groups is 1. The molecule has 2 saturated heterocycles. The summed E-state index contributed by atoms with van der Waals surface area (Å²) in [5, 5.41) is 6.70. The van der Waals surface area contributed by atoms with Gasteiger partial charge in [0.1, 0.15) is 5.82 Å². The number of nitrogens with zero attached hydrogens (tertiary/aromatic N) is 2. The molecule has 2 atom stereocenters. The molecule has 150 valence electrons. The van der Waals surface area contributed by atoms with Crippen molar-refractivity contribution in [2.75, 3.05) is 45.1 Å². The van der Waals surface area contributed by atoms with E-state index in [0.29, 0.717) is 12.6 Å². The summed E-state index contributed by atoms with van der Waals surface area (Å²) in [4.78, 5) is 8.37. The van der Waals surface area contributed by atoms with Gasteiger partial charge in [-0.1, -0.05) is 0 Å². The second-order valence-electron chi connectivity index (χ2n) is 7.05. The minimum atomic E-state index is -0.185. The van der Waals surface area contributed by atoms with E-state index in [1.807, 2.05) is 12.1 Å². The molecule has 0 spiro atoms. The Hall–Kier alpha value is -1.31. The number of hydrogen-bond donors (Lipinski definition) is 2. The van der Waals surface area contributed by atoms with E-state index in [1.165, 1.54) is 31.5 Å². The summed E-state index contributed by atoms with van der Waals surface area (Å²) in [6.07, 6.45) is 3.78. The molecular weight excluding hydrogens is 363 g/mol. The SMILES string of the molecule is CCNC(=NCC1CN2CCCC2CO1)NCCCSc1ccc(F)cc1. The lowest BCUT2D eigenvalue weighted by Crippen LogP contribution is -2.47. The maximum absolute atomic E-state index is 12.9. The van der Waals surface area contributed by atoms with Crippen LogP contribution in [0.3, 0.4) is 0 Å². The zero-order valence-corrected chi connectivity index (χ0v) is 16.9. The fourth-order valence-corrected chi connectivity index (χ4v) is 4.38. The van der Waals surface area contributed by atoms with Crippen LogP contribution < -0.4 is 10.6 Å². The van der Waals surface area contributed by atoms with Crippen LogP contribution in [-0.4, -0.2) is 68.1 Å². The Morgan fingerprint density at radius 3 is 3.00 bits per heavy atom. The summed E-state index contributed by atoms with van der Waals surface area (Å²) in [7, 11) is 0. The van der Waals surface area contributed by atoms with Gasteiger partial charge in [0.2, 0.25) is 0 Å². The lowest BCUT2D eigenvalue weighted by molar-refractivity contribution is -0.0432. The predicted molar refractivity (Wildman–Crippen MR) is 110 cm³/mol. The average molecular weight is 395 g/mol. The lowest BCUT2D eigenvalue weighted by Gasteiger charge is -2.34. The second kappa shape index (κ2) is 10.9. The minimum Gasteiger partial charge on any atom is -0.373 e. The number of morpholine rings is 1. The van der Waals surface area contributed by atoms with Gasteiger partial charge >= 0.3 is 0 Å². The molecule has 0 radical (unpaired) electrons. The Balaban J connectivity index is 1.35. The zero-order valence-electron chi connectivity index (χ0n) is 16.1. The van der Waals surface area contributed by atoms with Gasteiger partial charge in [0, 0.05) is 30.6 Å². The number of rotatable bonds is 8. The van der Waals surface area contributed by atoms with Crippen molar-refractivity contribution < 1.29 is 9.13 Å². The molecule has 3 rings (SSSR count). The summed E-state index contributed by atoms with van der Waals surface area (Å²) in [6.45, 7) is 7.54. The van der Waals surface area contributed by atoms with Crippen LogP contribution in [0.5, 0.6) is 0 Å². The number of halogens is 1. The summed E-state index contributed by atoms with van der Waals surface area (Å²) < 4.78 is 18.9. The molecule has 27 heavy (non-hydrogen) atoms. The predicted octanol–water partition coefficient (Wildman–Crippen LogP) is 2.73. The molecule has 0 amide bonds. The first-order valence-electron chi connectivity index (χ1n) is 10.0. The summed E-state index contributed by atoms with van der Waals surface area (Å²) in [6, 6.07) is 7.31.